The minimum Gasteiger partial charge on any atom is -0.333 e. The number of benzene rings is 1. The Hall–Kier alpha value is -1.76. The molecule has 0 spiro atoms. The maximum atomic E-state index is 12.2. The van der Waals surface area contributed by atoms with Gasteiger partial charge in [-0.3, -0.25) is 4.79 Å². The van der Waals surface area contributed by atoms with Crippen molar-refractivity contribution >= 4 is 57.7 Å². The van der Waals surface area contributed by atoms with Gasteiger partial charge in [0.15, 0.2) is 5.16 Å². The fraction of sp³-hybridized carbons (Fsp3) is 0.133. The van der Waals surface area contributed by atoms with E-state index in [0.29, 0.717) is 21.0 Å². The van der Waals surface area contributed by atoms with Gasteiger partial charge >= 0.3 is 0 Å². The number of halogens is 2. The molecule has 2 N–H and O–H groups in total. The second-order valence-electron chi connectivity index (χ2n) is 4.81. The van der Waals surface area contributed by atoms with Crippen LogP contribution in [0.2, 0.25) is 10.0 Å². The molecule has 118 valence electrons. The topological polar surface area (TPSA) is 70.7 Å². The highest BCUT2D eigenvalue weighted by Gasteiger charge is 2.17. The van der Waals surface area contributed by atoms with Crippen molar-refractivity contribution in [2.45, 2.75) is 17.3 Å². The molecule has 0 saturated heterocycles. The van der Waals surface area contributed by atoms with Crippen LogP contribution in [0.25, 0.3) is 11.0 Å². The van der Waals surface area contributed by atoms with Crippen LogP contribution in [-0.2, 0) is 4.79 Å². The molecule has 1 aromatic carbocycles. The Bertz CT molecular complexity index is 850. The monoisotopic (exact) mass is 366 g/mol. The first kappa shape index (κ1) is 16.1. The van der Waals surface area contributed by atoms with Crippen LogP contribution in [0.3, 0.4) is 0 Å². The zero-order valence-electron chi connectivity index (χ0n) is 12.0. The van der Waals surface area contributed by atoms with E-state index in [0.717, 1.165) is 11.0 Å². The molecule has 0 aliphatic heterocycles. The van der Waals surface area contributed by atoms with Gasteiger partial charge in [0, 0.05) is 11.2 Å². The number of carbonyl (C=O) groups excluding carboxylic acids is 1. The van der Waals surface area contributed by atoms with E-state index in [1.165, 1.54) is 18.0 Å². The van der Waals surface area contributed by atoms with Crippen LogP contribution in [0, 0.1) is 0 Å². The molecular weight excluding hydrogens is 355 g/mol. The largest absolute Gasteiger partial charge is 0.333 e. The van der Waals surface area contributed by atoms with E-state index < -0.39 is 0 Å². The number of hydrogen-bond donors (Lipinski definition) is 2. The number of hydrogen-bond acceptors (Lipinski definition) is 4. The van der Waals surface area contributed by atoms with Crippen molar-refractivity contribution in [2.75, 3.05) is 5.32 Å². The van der Waals surface area contributed by atoms with Gasteiger partial charge in [0.05, 0.1) is 21.3 Å². The molecule has 3 rings (SSSR count). The van der Waals surface area contributed by atoms with E-state index in [4.69, 9.17) is 23.2 Å². The van der Waals surface area contributed by atoms with Crippen LogP contribution in [-0.4, -0.2) is 26.1 Å². The molecular formula is C15H12Cl2N4OS. The van der Waals surface area contributed by atoms with Crippen molar-refractivity contribution in [1.29, 1.82) is 0 Å². The highest BCUT2D eigenvalue weighted by molar-refractivity contribution is 8.00. The molecule has 1 atom stereocenters. The minimum absolute atomic E-state index is 0.164. The van der Waals surface area contributed by atoms with Crippen LogP contribution < -0.4 is 5.32 Å². The summed E-state index contributed by atoms with van der Waals surface area (Å²) < 4.78 is 0. The lowest BCUT2D eigenvalue weighted by molar-refractivity contribution is -0.115. The Balaban J connectivity index is 1.68. The average Bonchev–Trinajstić information content (AvgIpc) is 2.90. The molecule has 2 heterocycles. The number of carbonyl (C=O) groups is 1. The number of aromatic nitrogens is 3. The lowest BCUT2D eigenvalue weighted by Crippen LogP contribution is -2.23. The van der Waals surface area contributed by atoms with Gasteiger partial charge in [-0.15, -0.1) is 0 Å². The summed E-state index contributed by atoms with van der Waals surface area (Å²) in [6.45, 7) is 1.80. The predicted molar refractivity (Wildman–Crippen MR) is 94.3 cm³/mol. The van der Waals surface area contributed by atoms with E-state index in [1.54, 1.807) is 31.2 Å². The van der Waals surface area contributed by atoms with Crippen LogP contribution in [0.4, 0.5) is 5.82 Å². The van der Waals surface area contributed by atoms with E-state index in [9.17, 15) is 4.79 Å². The van der Waals surface area contributed by atoms with E-state index >= 15 is 0 Å². The number of nitrogens with zero attached hydrogens (tertiary/aromatic N) is 2. The summed E-state index contributed by atoms with van der Waals surface area (Å²) in [5.74, 6) is 0.298. The van der Waals surface area contributed by atoms with Crippen molar-refractivity contribution in [3.8, 4) is 0 Å². The van der Waals surface area contributed by atoms with E-state index in [2.05, 4.69) is 20.3 Å². The second-order valence-corrected chi connectivity index (χ2v) is 7.02. The van der Waals surface area contributed by atoms with Gasteiger partial charge < -0.3 is 10.3 Å². The van der Waals surface area contributed by atoms with E-state index in [-0.39, 0.29) is 11.2 Å². The summed E-state index contributed by atoms with van der Waals surface area (Å²) in [6.07, 6.45) is 1.48. The molecule has 5 nitrogen and oxygen atoms in total. The number of aromatic amines is 1. The summed E-state index contributed by atoms with van der Waals surface area (Å²) in [5.41, 5.74) is 1.65. The quantitative estimate of drug-likeness (QED) is 0.672. The molecule has 0 radical (unpaired) electrons. The number of fused-ring (bicyclic) bond motifs is 1. The van der Waals surface area contributed by atoms with Gasteiger partial charge in [0.25, 0.3) is 0 Å². The summed E-state index contributed by atoms with van der Waals surface area (Å²) in [4.78, 5) is 23.8. The van der Waals surface area contributed by atoms with E-state index in [1.807, 2.05) is 6.07 Å². The molecule has 23 heavy (non-hydrogen) atoms. The minimum atomic E-state index is -0.344. The molecule has 2 aromatic heterocycles. The van der Waals surface area contributed by atoms with Crippen molar-refractivity contribution < 1.29 is 4.79 Å². The van der Waals surface area contributed by atoms with Gasteiger partial charge in [-0.05, 0) is 37.3 Å². The Morgan fingerprint density at radius 2 is 2.04 bits per heavy atom. The summed E-state index contributed by atoms with van der Waals surface area (Å²) in [6, 6.07) is 8.74. The van der Waals surface area contributed by atoms with Crippen LogP contribution >= 0.6 is 35.0 Å². The predicted octanol–water partition coefficient (Wildman–Crippen LogP) is 4.38. The molecule has 0 bridgehead atoms. The third-order valence-electron chi connectivity index (χ3n) is 3.06. The number of H-pyrrole nitrogens is 1. The fourth-order valence-corrected chi connectivity index (χ4v) is 3.02. The van der Waals surface area contributed by atoms with Crippen LogP contribution in [0.1, 0.15) is 6.92 Å². The molecule has 0 aliphatic rings. The number of nitrogens with one attached hydrogen (secondary N) is 2. The zero-order chi connectivity index (χ0) is 16.4. The van der Waals surface area contributed by atoms with Crippen molar-refractivity contribution in [1.82, 2.24) is 15.0 Å². The Morgan fingerprint density at radius 3 is 2.78 bits per heavy atom. The molecule has 3 aromatic rings. The van der Waals surface area contributed by atoms with Gasteiger partial charge in [-0.2, -0.15) is 0 Å². The summed E-state index contributed by atoms with van der Waals surface area (Å²) >= 11 is 13.0. The van der Waals surface area contributed by atoms with Gasteiger partial charge in [0.2, 0.25) is 5.91 Å². The number of amides is 1. The summed E-state index contributed by atoms with van der Waals surface area (Å²) in [5, 5.41) is 4.21. The fourth-order valence-electron chi connectivity index (χ4n) is 1.91. The Labute approximate surface area is 146 Å². The number of thioether (sulfide) groups is 1. The maximum absolute atomic E-state index is 12.2. The third kappa shape index (κ3) is 3.96. The zero-order valence-corrected chi connectivity index (χ0v) is 14.3. The Morgan fingerprint density at radius 1 is 1.26 bits per heavy atom. The number of pyridine rings is 1. The lowest BCUT2D eigenvalue weighted by atomic mass is 10.3. The van der Waals surface area contributed by atoms with Gasteiger partial charge in [-0.25, -0.2) is 9.97 Å². The third-order valence-corrected chi connectivity index (χ3v) is 4.50. The van der Waals surface area contributed by atoms with Crippen LogP contribution in [0.15, 0.2) is 41.7 Å². The van der Waals surface area contributed by atoms with Crippen molar-refractivity contribution in [3.63, 3.8) is 0 Å². The number of imidazole rings is 1. The molecule has 8 heteroatoms. The SMILES string of the molecule is C[C@H](Sc1nc2ccc(Cl)cc2[nH]1)C(=O)Nc1ccc(Cl)cn1. The molecule has 0 saturated carbocycles. The summed E-state index contributed by atoms with van der Waals surface area (Å²) in [7, 11) is 0. The average molecular weight is 367 g/mol. The molecule has 0 aliphatic carbocycles. The molecule has 1 amide bonds. The highest BCUT2D eigenvalue weighted by atomic mass is 35.5. The molecule has 0 unspecified atom stereocenters. The normalized spacial score (nSPS) is 12.3. The first-order valence-electron chi connectivity index (χ1n) is 6.75. The molecule has 0 fully saturated rings. The lowest BCUT2D eigenvalue weighted by Gasteiger charge is -2.09. The number of anilines is 1. The number of rotatable bonds is 4. The highest BCUT2D eigenvalue weighted by Crippen LogP contribution is 2.25. The van der Waals surface area contributed by atoms with Crippen molar-refractivity contribution in [2.24, 2.45) is 0 Å². The Kier molecular flexibility index (Phi) is 4.75. The van der Waals surface area contributed by atoms with Crippen molar-refractivity contribution in [3.05, 3.63) is 46.6 Å². The second kappa shape index (κ2) is 6.78. The van der Waals surface area contributed by atoms with Gasteiger partial charge in [0.1, 0.15) is 5.82 Å². The van der Waals surface area contributed by atoms with Crippen LogP contribution in [0.5, 0.6) is 0 Å². The maximum Gasteiger partial charge on any atom is 0.238 e. The first-order chi connectivity index (χ1) is 11.0. The standard InChI is InChI=1S/C15H12Cl2N4OS/c1-8(14(22)21-13-5-3-10(17)7-18-13)23-15-19-11-4-2-9(16)6-12(11)20-15/h2-8H,1H3,(H,19,20)(H,18,21,22)/t8-/m0/s1. The first-order valence-corrected chi connectivity index (χ1v) is 8.39. The van der Waals surface area contributed by atoms with Gasteiger partial charge in [-0.1, -0.05) is 35.0 Å². The smallest absolute Gasteiger partial charge is 0.238 e.